The third kappa shape index (κ3) is 3.91. The summed E-state index contributed by atoms with van der Waals surface area (Å²) in [7, 11) is -3.28. The fourth-order valence-corrected chi connectivity index (χ4v) is 3.81. The number of sulfone groups is 1. The molecule has 2 atom stereocenters. The number of aliphatic hydroxyl groups excluding tert-OH is 1. The Labute approximate surface area is 117 Å². The van der Waals surface area contributed by atoms with Crippen molar-refractivity contribution in [1.82, 2.24) is 5.32 Å². The van der Waals surface area contributed by atoms with Gasteiger partial charge in [0.1, 0.15) is 23.8 Å². The summed E-state index contributed by atoms with van der Waals surface area (Å²) >= 11 is 0. The van der Waals surface area contributed by atoms with Crippen molar-refractivity contribution in [3.8, 4) is 5.75 Å². The lowest BCUT2D eigenvalue weighted by molar-refractivity contribution is 0.0735. The molecule has 5 nitrogen and oxygen atoms in total. The third-order valence-electron chi connectivity index (χ3n) is 3.07. The second-order valence-corrected chi connectivity index (χ2v) is 7.03. The molecule has 1 fully saturated rings. The van der Waals surface area contributed by atoms with Crippen molar-refractivity contribution >= 4 is 9.84 Å². The topological polar surface area (TPSA) is 75.6 Å². The maximum atomic E-state index is 13.5. The molecular formula is C13H18FNO4S. The van der Waals surface area contributed by atoms with Crippen LogP contribution in [-0.4, -0.2) is 43.8 Å². The zero-order chi connectivity index (χ0) is 14.8. The number of ether oxygens (including phenoxy) is 1. The van der Waals surface area contributed by atoms with E-state index >= 15 is 0 Å². The van der Waals surface area contributed by atoms with Gasteiger partial charge in [-0.05, 0) is 24.2 Å². The first kappa shape index (κ1) is 15.2. The van der Waals surface area contributed by atoms with E-state index in [1.54, 1.807) is 6.07 Å². The summed E-state index contributed by atoms with van der Waals surface area (Å²) in [6, 6.07) is 4.22. The van der Waals surface area contributed by atoms with Crippen LogP contribution in [0.3, 0.4) is 0 Å². The zero-order valence-corrected chi connectivity index (χ0v) is 12.0. The Bertz CT molecular complexity index is 576. The van der Waals surface area contributed by atoms with E-state index in [4.69, 9.17) is 4.74 Å². The molecule has 0 saturated carbocycles. The second-order valence-electron chi connectivity index (χ2n) is 4.88. The molecule has 0 aliphatic carbocycles. The van der Waals surface area contributed by atoms with Gasteiger partial charge in [0.2, 0.25) is 0 Å². The molecule has 0 amide bonds. The van der Waals surface area contributed by atoms with Gasteiger partial charge in [0.25, 0.3) is 0 Å². The first-order chi connectivity index (χ1) is 9.39. The van der Waals surface area contributed by atoms with Gasteiger partial charge in [-0.3, -0.25) is 0 Å². The maximum absolute atomic E-state index is 13.5. The lowest BCUT2D eigenvalue weighted by atomic mass is 10.2. The Kier molecular flexibility index (Phi) is 4.62. The smallest absolute Gasteiger partial charge is 0.156 e. The van der Waals surface area contributed by atoms with Gasteiger partial charge in [0, 0.05) is 12.6 Å². The summed E-state index contributed by atoms with van der Waals surface area (Å²) < 4.78 is 41.7. The Morgan fingerprint density at radius 1 is 1.40 bits per heavy atom. The Morgan fingerprint density at radius 3 is 2.75 bits per heavy atom. The Morgan fingerprint density at radius 2 is 2.15 bits per heavy atom. The van der Waals surface area contributed by atoms with Crippen LogP contribution in [0.25, 0.3) is 0 Å². The molecule has 1 aromatic rings. The number of benzene rings is 1. The van der Waals surface area contributed by atoms with Crippen LogP contribution in [-0.2, 0) is 16.4 Å². The van der Waals surface area contributed by atoms with Gasteiger partial charge in [-0.15, -0.1) is 0 Å². The van der Waals surface area contributed by atoms with Crippen molar-refractivity contribution in [1.29, 1.82) is 0 Å². The number of hydrogen-bond donors (Lipinski definition) is 2. The minimum Gasteiger partial charge on any atom is -0.487 e. The van der Waals surface area contributed by atoms with Crippen molar-refractivity contribution < 1.29 is 22.7 Å². The van der Waals surface area contributed by atoms with E-state index in [1.165, 1.54) is 12.1 Å². The lowest BCUT2D eigenvalue weighted by Crippen LogP contribution is -2.29. The van der Waals surface area contributed by atoms with Crippen LogP contribution in [0.4, 0.5) is 4.39 Å². The monoisotopic (exact) mass is 303 g/mol. The zero-order valence-electron chi connectivity index (χ0n) is 11.2. The molecule has 2 rings (SSSR count). The lowest BCUT2D eigenvalue weighted by Gasteiger charge is -2.16. The largest absolute Gasteiger partial charge is 0.487 e. The highest BCUT2D eigenvalue weighted by molar-refractivity contribution is 7.91. The first-order valence-corrected chi connectivity index (χ1v) is 8.27. The summed E-state index contributed by atoms with van der Waals surface area (Å²) in [5.74, 6) is -0.769. The molecule has 0 spiro atoms. The van der Waals surface area contributed by atoms with Gasteiger partial charge >= 0.3 is 0 Å². The van der Waals surface area contributed by atoms with Gasteiger partial charge in [-0.1, -0.05) is 6.92 Å². The molecule has 1 heterocycles. The molecule has 1 aliphatic heterocycles. The first-order valence-electron chi connectivity index (χ1n) is 6.45. The molecule has 112 valence electrons. The van der Waals surface area contributed by atoms with Gasteiger partial charge < -0.3 is 15.2 Å². The number of halogens is 1. The normalized spacial score (nSPS) is 24.8. The average molecular weight is 303 g/mol. The second kappa shape index (κ2) is 6.07. The SMILES string of the molecule is CCNCc1cc(F)cc(OC2CS(=O)(=O)CC2O)c1. The van der Waals surface area contributed by atoms with Crippen molar-refractivity contribution in [2.45, 2.75) is 25.7 Å². The molecule has 2 unspecified atom stereocenters. The van der Waals surface area contributed by atoms with Crippen molar-refractivity contribution in [3.63, 3.8) is 0 Å². The predicted octanol–water partition coefficient (Wildman–Crippen LogP) is 0.472. The number of rotatable bonds is 5. The molecule has 1 aromatic carbocycles. The molecular weight excluding hydrogens is 285 g/mol. The van der Waals surface area contributed by atoms with Gasteiger partial charge in [0.05, 0.1) is 11.5 Å². The number of nitrogens with one attached hydrogen (secondary N) is 1. The van der Waals surface area contributed by atoms with E-state index in [1.807, 2.05) is 6.92 Å². The summed E-state index contributed by atoms with van der Waals surface area (Å²) in [4.78, 5) is 0. The van der Waals surface area contributed by atoms with E-state index in [0.29, 0.717) is 12.1 Å². The fraction of sp³-hybridized carbons (Fsp3) is 0.538. The minimum absolute atomic E-state index is 0.235. The number of aliphatic hydroxyl groups is 1. The summed E-state index contributed by atoms with van der Waals surface area (Å²) in [5.41, 5.74) is 0.706. The molecule has 0 aromatic heterocycles. The predicted molar refractivity (Wildman–Crippen MR) is 72.9 cm³/mol. The van der Waals surface area contributed by atoms with Crippen LogP contribution in [0.1, 0.15) is 12.5 Å². The summed E-state index contributed by atoms with van der Waals surface area (Å²) in [6.45, 7) is 3.19. The van der Waals surface area contributed by atoms with Crippen molar-refractivity contribution in [2.24, 2.45) is 0 Å². The van der Waals surface area contributed by atoms with Crippen LogP contribution in [0, 0.1) is 5.82 Å². The van der Waals surface area contributed by atoms with Crippen LogP contribution in [0.2, 0.25) is 0 Å². The molecule has 1 aliphatic rings. The van der Waals surface area contributed by atoms with Gasteiger partial charge in [-0.25, -0.2) is 12.8 Å². The third-order valence-corrected chi connectivity index (χ3v) is 4.76. The summed E-state index contributed by atoms with van der Waals surface area (Å²) in [6.07, 6.45) is -1.91. The highest BCUT2D eigenvalue weighted by atomic mass is 32.2. The molecule has 20 heavy (non-hydrogen) atoms. The maximum Gasteiger partial charge on any atom is 0.156 e. The van der Waals surface area contributed by atoms with Crippen LogP contribution in [0.15, 0.2) is 18.2 Å². The summed E-state index contributed by atoms with van der Waals surface area (Å²) in [5, 5.41) is 12.7. The molecule has 0 radical (unpaired) electrons. The fourth-order valence-electron chi connectivity index (χ4n) is 2.14. The van der Waals surface area contributed by atoms with E-state index in [0.717, 1.165) is 6.54 Å². The Balaban J connectivity index is 2.11. The quantitative estimate of drug-likeness (QED) is 0.827. The highest BCUT2D eigenvalue weighted by Gasteiger charge is 2.38. The van der Waals surface area contributed by atoms with Crippen LogP contribution < -0.4 is 10.1 Å². The van der Waals surface area contributed by atoms with Gasteiger partial charge in [-0.2, -0.15) is 0 Å². The number of hydrogen-bond acceptors (Lipinski definition) is 5. The highest BCUT2D eigenvalue weighted by Crippen LogP contribution is 2.22. The van der Waals surface area contributed by atoms with Crippen molar-refractivity contribution in [2.75, 3.05) is 18.1 Å². The molecule has 0 bridgehead atoms. The molecule has 7 heteroatoms. The minimum atomic E-state index is -3.28. The van der Waals surface area contributed by atoms with Gasteiger partial charge in [0.15, 0.2) is 9.84 Å². The molecule has 2 N–H and O–H groups in total. The van der Waals surface area contributed by atoms with Crippen LogP contribution >= 0.6 is 0 Å². The Hall–Kier alpha value is -1.18. The molecule has 1 saturated heterocycles. The van der Waals surface area contributed by atoms with E-state index in [-0.39, 0.29) is 17.3 Å². The van der Waals surface area contributed by atoms with Crippen molar-refractivity contribution in [3.05, 3.63) is 29.6 Å². The van der Waals surface area contributed by atoms with Crippen LogP contribution in [0.5, 0.6) is 5.75 Å². The van der Waals surface area contributed by atoms with E-state index in [2.05, 4.69) is 5.32 Å². The average Bonchev–Trinajstić information content (AvgIpc) is 2.59. The van der Waals surface area contributed by atoms with E-state index < -0.39 is 27.9 Å². The standard InChI is InChI=1S/C13H18FNO4S/c1-2-15-6-9-3-10(14)5-11(4-9)19-13-8-20(17,18)7-12(13)16/h3-5,12-13,15-16H,2,6-8H2,1H3. The van der Waals surface area contributed by atoms with E-state index in [9.17, 15) is 17.9 Å².